The molecule has 2 aromatic carbocycles. The Morgan fingerprint density at radius 1 is 1.09 bits per heavy atom. The Balaban J connectivity index is 1.73. The van der Waals surface area contributed by atoms with E-state index in [0.717, 1.165) is 18.4 Å². The van der Waals surface area contributed by atoms with Crippen LogP contribution in [0.5, 0.6) is 17.2 Å². The van der Waals surface area contributed by atoms with E-state index in [1.165, 1.54) is 12.4 Å². The maximum absolute atomic E-state index is 12.6. The fraction of sp³-hybridized carbons (Fsp3) is 0.250. The molecule has 0 aliphatic rings. The van der Waals surface area contributed by atoms with Crippen molar-refractivity contribution in [3.05, 3.63) is 66.1 Å². The Hall–Kier alpha value is -3.94. The number of carbonyl (C=O) groups is 1. The Kier molecular flexibility index (Phi) is 8.14. The lowest BCUT2D eigenvalue weighted by Crippen LogP contribution is -2.19. The number of aromatic nitrogens is 2. The summed E-state index contributed by atoms with van der Waals surface area (Å²) in [5.41, 5.74) is 4.65. The molecule has 32 heavy (non-hydrogen) atoms. The van der Waals surface area contributed by atoms with E-state index < -0.39 is 5.91 Å². The number of hydrazone groups is 1. The molecule has 0 saturated heterocycles. The Bertz CT molecular complexity index is 1060. The summed E-state index contributed by atoms with van der Waals surface area (Å²) in [5.74, 6) is 1.47. The number of methoxy groups -OCH3 is 2. The number of ether oxygens (including phenoxy) is 3. The van der Waals surface area contributed by atoms with E-state index in [-0.39, 0.29) is 5.69 Å². The number of nitrogens with zero attached hydrogens (tertiary/aromatic N) is 3. The molecule has 0 fully saturated rings. The second-order valence-corrected chi connectivity index (χ2v) is 6.83. The number of amides is 1. The minimum Gasteiger partial charge on any atom is -0.497 e. The van der Waals surface area contributed by atoms with E-state index >= 15 is 0 Å². The molecule has 3 aromatic rings. The molecule has 1 aromatic heterocycles. The van der Waals surface area contributed by atoms with Crippen LogP contribution in [0.15, 0.2) is 60.0 Å². The molecular weight excluding hydrogens is 408 g/mol. The highest BCUT2D eigenvalue weighted by Crippen LogP contribution is 2.28. The number of hydrogen-bond acceptors (Lipinski definition) is 7. The van der Waals surface area contributed by atoms with Gasteiger partial charge in [-0.15, -0.1) is 0 Å². The number of benzene rings is 2. The van der Waals surface area contributed by atoms with Gasteiger partial charge in [0, 0.05) is 17.2 Å². The minimum absolute atomic E-state index is 0.145. The van der Waals surface area contributed by atoms with Crippen molar-refractivity contribution in [2.24, 2.45) is 5.10 Å². The Morgan fingerprint density at radius 3 is 2.56 bits per heavy atom. The largest absolute Gasteiger partial charge is 0.497 e. The molecule has 0 bridgehead atoms. The fourth-order valence-electron chi connectivity index (χ4n) is 2.86. The maximum atomic E-state index is 12.6. The van der Waals surface area contributed by atoms with E-state index in [4.69, 9.17) is 14.2 Å². The van der Waals surface area contributed by atoms with Crippen molar-refractivity contribution < 1.29 is 19.0 Å². The highest BCUT2D eigenvalue weighted by Gasteiger charge is 2.12. The van der Waals surface area contributed by atoms with Crippen LogP contribution in [0.3, 0.4) is 0 Å². The maximum Gasteiger partial charge on any atom is 0.291 e. The second kappa shape index (κ2) is 11.5. The van der Waals surface area contributed by atoms with Gasteiger partial charge in [0.05, 0.1) is 45.1 Å². The molecule has 0 radical (unpaired) electrons. The lowest BCUT2D eigenvalue weighted by Gasteiger charge is -2.11. The van der Waals surface area contributed by atoms with Crippen molar-refractivity contribution in [1.29, 1.82) is 0 Å². The number of unbranched alkanes of at least 4 members (excludes halogenated alkanes) is 1. The summed E-state index contributed by atoms with van der Waals surface area (Å²) in [6.07, 6.45) is 6.49. The van der Waals surface area contributed by atoms with Crippen molar-refractivity contribution in [2.75, 3.05) is 20.8 Å². The van der Waals surface area contributed by atoms with Crippen molar-refractivity contribution in [1.82, 2.24) is 15.4 Å². The smallest absolute Gasteiger partial charge is 0.291 e. The normalized spacial score (nSPS) is 10.7. The van der Waals surface area contributed by atoms with Gasteiger partial charge in [0.15, 0.2) is 0 Å². The molecule has 1 amide bonds. The fourth-order valence-corrected chi connectivity index (χ4v) is 2.86. The van der Waals surface area contributed by atoms with Gasteiger partial charge in [-0.05, 0) is 30.7 Å². The molecule has 0 spiro atoms. The minimum atomic E-state index is -0.477. The first kappa shape index (κ1) is 22.7. The third kappa shape index (κ3) is 6.04. The zero-order chi connectivity index (χ0) is 22.8. The SMILES string of the molecule is CCCCOc1ccccc1-c1cncc(C(=O)NN=Cc2cc(OC)cc(OC)c2)n1. The highest BCUT2D eigenvalue weighted by molar-refractivity contribution is 5.93. The van der Waals surface area contributed by atoms with Crippen LogP contribution < -0.4 is 19.6 Å². The van der Waals surface area contributed by atoms with Crippen LogP contribution in [0.2, 0.25) is 0 Å². The molecule has 1 heterocycles. The first-order valence-electron chi connectivity index (χ1n) is 10.2. The number of nitrogens with one attached hydrogen (secondary N) is 1. The van der Waals surface area contributed by atoms with Gasteiger partial charge in [-0.1, -0.05) is 25.5 Å². The lowest BCUT2D eigenvalue weighted by atomic mass is 10.1. The van der Waals surface area contributed by atoms with Crippen LogP contribution in [0, 0.1) is 0 Å². The van der Waals surface area contributed by atoms with E-state index in [0.29, 0.717) is 35.1 Å². The molecule has 1 N–H and O–H groups in total. The van der Waals surface area contributed by atoms with Crippen molar-refractivity contribution >= 4 is 12.1 Å². The van der Waals surface area contributed by atoms with Gasteiger partial charge in [0.2, 0.25) is 0 Å². The second-order valence-electron chi connectivity index (χ2n) is 6.83. The number of carbonyl (C=O) groups excluding carboxylic acids is 1. The summed E-state index contributed by atoms with van der Waals surface area (Å²) in [4.78, 5) is 21.2. The zero-order valence-corrected chi connectivity index (χ0v) is 18.4. The van der Waals surface area contributed by atoms with E-state index in [1.807, 2.05) is 24.3 Å². The molecule has 8 heteroatoms. The molecule has 166 valence electrons. The lowest BCUT2D eigenvalue weighted by molar-refractivity contribution is 0.0950. The molecule has 0 atom stereocenters. The molecule has 0 aliphatic heterocycles. The molecule has 0 saturated carbocycles. The predicted molar refractivity (Wildman–Crippen MR) is 122 cm³/mol. The van der Waals surface area contributed by atoms with Gasteiger partial charge < -0.3 is 14.2 Å². The van der Waals surface area contributed by atoms with Crippen LogP contribution in [-0.4, -0.2) is 42.9 Å². The Morgan fingerprint density at radius 2 is 1.84 bits per heavy atom. The summed E-state index contributed by atoms with van der Waals surface area (Å²) < 4.78 is 16.3. The zero-order valence-electron chi connectivity index (χ0n) is 18.4. The molecule has 0 unspecified atom stereocenters. The monoisotopic (exact) mass is 434 g/mol. The summed E-state index contributed by atoms with van der Waals surface area (Å²) in [7, 11) is 3.13. The molecule has 8 nitrogen and oxygen atoms in total. The first-order valence-corrected chi connectivity index (χ1v) is 10.2. The average Bonchev–Trinajstić information content (AvgIpc) is 2.84. The van der Waals surface area contributed by atoms with Crippen LogP contribution in [0.1, 0.15) is 35.8 Å². The van der Waals surface area contributed by atoms with Gasteiger partial charge in [-0.2, -0.15) is 5.10 Å². The first-order chi connectivity index (χ1) is 15.6. The van der Waals surface area contributed by atoms with E-state index in [1.54, 1.807) is 38.6 Å². The third-order valence-corrected chi connectivity index (χ3v) is 4.54. The summed E-state index contributed by atoms with van der Waals surface area (Å²) in [5, 5.41) is 4.01. The quantitative estimate of drug-likeness (QED) is 0.293. The summed E-state index contributed by atoms with van der Waals surface area (Å²) in [6, 6.07) is 12.9. The summed E-state index contributed by atoms with van der Waals surface area (Å²) in [6.45, 7) is 2.72. The number of hydrogen-bond donors (Lipinski definition) is 1. The third-order valence-electron chi connectivity index (χ3n) is 4.54. The topological polar surface area (TPSA) is 94.9 Å². The van der Waals surface area contributed by atoms with Gasteiger partial charge >= 0.3 is 0 Å². The van der Waals surface area contributed by atoms with Gasteiger partial charge in [-0.3, -0.25) is 9.78 Å². The van der Waals surface area contributed by atoms with Crippen LogP contribution in [-0.2, 0) is 0 Å². The van der Waals surface area contributed by atoms with Crippen LogP contribution in [0.4, 0.5) is 0 Å². The van der Waals surface area contributed by atoms with Crippen molar-refractivity contribution in [3.63, 3.8) is 0 Å². The van der Waals surface area contributed by atoms with Gasteiger partial charge in [0.25, 0.3) is 5.91 Å². The molecular formula is C24H26N4O4. The molecule has 0 aliphatic carbocycles. The van der Waals surface area contributed by atoms with Crippen molar-refractivity contribution in [2.45, 2.75) is 19.8 Å². The molecule has 3 rings (SSSR count). The van der Waals surface area contributed by atoms with Gasteiger partial charge in [-0.25, -0.2) is 10.4 Å². The van der Waals surface area contributed by atoms with Crippen LogP contribution in [0.25, 0.3) is 11.3 Å². The number of rotatable bonds is 10. The van der Waals surface area contributed by atoms with E-state index in [2.05, 4.69) is 27.4 Å². The van der Waals surface area contributed by atoms with Crippen LogP contribution >= 0.6 is 0 Å². The summed E-state index contributed by atoms with van der Waals surface area (Å²) >= 11 is 0. The van der Waals surface area contributed by atoms with Gasteiger partial charge in [0.1, 0.15) is 22.9 Å². The van der Waals surface area contributed by atoms with Crippen molar-refractivity contribution in [3.8, 4) is 28.5 Å². The average molecular weight is 434 g/mol. The standard InChI is InChI=1S/C24H26N4O4/c1-4-5-10-32-23-9-7-6-8-20(23)21-15-25-16-22(27-21)24(29)28-26-14-17-11-18(30-2)13-19(12-17)31-3/h6-9,11-16H,4-5,10H2,1-3H3,(H,28,29). The highest BCUT2D eigenvalue weighted by atomic mass is 16.5. The predicted octanol–water partition coefficient (Wildman–Crippen LogP) is 4.10. The Labute approximate surface area is 187 Å². The van der Waals surface area contributed by atoms with E-state index in [9.17, 15) is 4.79 Å². The number of para-hydroxylation sites is 1.